The Hall–Kier alpha value is -1.18. The van der Waals surface area contributed by atoms with E-state index in [1.807, 2.05) is 12.1 Å². The van der Waals surface area contributed by atoms with Gasteiger partial charge in [-0.25, -0.2) is 0 Å². The van der Waals surface area contributed by atoms with Crippen LogP contribution < -0.4 is 4.90 Å². The lowest BCUT2D eigenvalue weighted by Crippen LogP contribution is -2.32. The smallest absolute Gasteiger partial charge is 0.117 e. The van der Waals surface area contributed by atoms with Gasteiger partial charge in [0.1, 0.15) is 5.75 Å². The molecule has 15 heavy (non-hydrogen) atoms. The first-order chi connectivity index (χ1) is 7.31. The van der Waals surface area contributed by atoms with E-state index in [1.54, 1.807) is 6.07 Å². The summed E-state index contributed by atoms with van der Waals surface area (Å²) in [7, 11) is 0. The van der Waals surface area contributed by atoms with Crippen LogP contribution in [0.25, 0.3) is 0 Å². The van der Waals surface area contributed by atoms with Crippen molar-refractivity contribution < 1.29 is 5.11 Å². The minimum atomic E-state index is 0.365. The monoisotopic (exact) mass is 205 g/mol. The quantitative estimate of drug-likeness (QED) is 0.819. The molecule has 2 rings (SSSR count). The number of hydrogen-bond acceptors (Lipinski definition) is 2. The molecule has 0 saturated heterocycles. The molecule has 82 valence electrons. The topological polar surface area (TPSA) is 23.5 Å². The summed E-state index contributed by atoms with van der Waals surface area (Å²) < 4.78 is 0. The zero-order chi connectivity index (χ0) is 10.7. The van der Waals surface area contributed by atoms with Crippen LogP contribution in [0.3, 0.4) is 0 Å². The standard InChI is InChI=1S/C13H19NO/c1-2-14(11-6-3-4-7-11)12-8-5-9-13(15)10-12/h5,8-11,15H,2-4,6-7H2,1H3. The summed E-state index contributed by atoms with van der Waals surface area (Å²) >= 11 is 0. The van der Waals surface area contributed by atoms with Crippen molar-refractivity contribution in [3.8, 4) is 5.75 Å². The van der Waals surface area contributed by atoms with Crippen molar-refractivity contribution in [1.29, 1.82) is 0 Å². The third-order valence-corrected chi connectivity index (χ3v) is 3.27. The fourth-order valence-corrected chi connectivity index (χ4v) is 2.54. The third kappa shape index (κ3) is 2.25. The summed E-state index contributed by atoms with van der Waals surface area (Å²) in [6.45, 7) is 3.20. The molecule has 0 bridgehead atoms. The second-order valence-corrected chi connectivity index (χ2v) is 4.24. The van der Waals surface area contributed by atoms with Crippen LogP contribution in [-0.2, 0) is 0 Å². The molecule has 0 heterocycles. The Morgan fingerprint density at radius 1 is 1.33 bits per heavy atom. The molecule has 1 fully saturated rings. The molecule has 0 amide bonds. The highest BCUT2D eigenvalue weighted by Gasteiger charge is 2.21. The van der Waals surface area contributed by atoms with E-state index in [4.69, 9.17) is 0 Å². The zero-order valence-corrected chi connectivity index (χ0v) is 9.32. The van der Waals surface area contributed by atoms with Crippen molar-refractivity contribution in [2.75, 3.05) is 11.4 Å². The molecule has 2 heteroatoms. The number of aromatic hydroxyl groups is 1. The van der Waals surface area contributed by atoms with Crippen molar-refractivity contribution in [3.63, 3.8) is 0 Å². The first-order valence-electron chi connectivity index (χ1n) is 5.87. The van der Waals surface area contributed by atoms with E-state index in [2.05, 4.69) is 17.9 Å². The molecule has 1 aliphatic carbocycles. The van der Waals surface area contributed by atoms with Gasteiger partial charge >= 0.3 is 0 Å². The van der Waals surface area contributed by atoms with Gasteiger partial charge in [0, 0.05) is 24.3 Å². The van der Waals surface area contributed by atoms with Crippen LogP contribution in [0.2, 0.25) is 0 Å². The molecule has 0 unspecified atom stereocenters. The van der Waals surface area contributed by atoms with Crippen LogP contribution in [-0.4, -0.2) is 17.7 Å². The lowest BCUT2D eigenvalue weighted by atomic mass is 10.1. The number of phenolic OH excluding ortho intramolecular Hbond substituents is 1. The molecule has 1 aliphatic rings. The summed E-state index contributed by atoms with van der Waals surface area (Å²) in [5.41, 5.74) is 1.16. The Balaban J connectivity index is 2.18. The Morgan fingerprint density at radius 2 is 2.07 bits per heavy atom. The van der Waals surface area contributed by atoms with Gasteiger partial charge in [0.2, 0.25) is 0 Å². The maximum atomic E-state index is 9.47. The molecule has 0 radical (unpaired) electrons. The molecule has 2 nitrogen and oxygen atoms in total. The van der Waals surface area contributed by atoms with Crippen LogP contribution in [0.4, 0.5) is 5.69 Å². The molecule has 1 aromatic carbocycles. The van der Waals surface area contributed by atoms with Gasteiger partial charge in [-0.3, -0.25) is 0 Å². The SMILES string of the molecule is CCN(c1cccc(O)c1)C1CCCC1. The van der Waals surface area contributed by atoms with E-state index >= 15 is 0 Å². The highest BCUT2D eigenvalue weighted by atomic mass is 16.3. The van der Waals surface area contributed by atoms with Crippen LogP contribution in [0.1, 0.15) is 32.6 Å². The van der Waals surface area contributed by atoms with Gasteiger partial charge in [-0.15, -0.1) is 0 Å². The van der Waals surface area contributed by atoms with E-state index in [0.717, 1.165) is 12.2 Å². The van der Waals surface area contributed by atoms with E-state index in [1.165, 1.54) is 25.7 Å². The van der Waals surface area contributed by atoms with Crippen molar-refractivity contribution in [3.05, 3.63) is 24.3 Å². The van der Waals surface area contributed by atoms with Crippen LogP contribution >= 0.6 is 0 Å². The second kappa shape index (κ2) is 4.56. The average Bonchev–Trinajstić information content (AvgIpc) is 2.72. The van der Waals surface area contributed by atoms with Crippen LogP contribution in [0.15, 0.2) is 24.3 Å². The molecule has 1 aromatic rings. The minimum Gasteiger partial charge on any atom is -0.508 e. The first-order valence-corrected chi connectivity index (χ1v) is 5.87. The maximum absolute atomic E-state index is 9.47. The highest BCUT2D eigenvalue weighted by molar-refractivity contribution is 5.51. The summed E-state index contributed by atoms with van der Waals surface area (Å²) in [5, 5.41) is 9.47. The van der Waals surface area contributed by atoms with Crippen LogP contribution in [0, 0.1) is 0 Å². The summed E-state index contributed by atoms with van der Waals surface area (Å²) in [6.07, 6.45) is 5.28. The number of anilines is 1. The Labute approximate surface area is 91.5 Å². The fourth-order valence-electron chi connectivity index (χ4n) is 2.54. The lowest BCUT2D eigenvalue weighted by molar-refractivity contribution is 0.474. The third-order valence-electron chi connectivity index (χ3n) is 3.27. The number of phenols is 1. The van der Waals surface area contributed by atoms with Gasteiger partial charge in [-0.1, -0.05) is 18.9 Å². The molecule has 0 atom stereocenters. The van der Waals surface area contributed by atoms with Gasteiger partial charge in [0.05, 0.1) is 0 Å². The normalized spacial score (nSPS) is 16.9. The summed E-state index contributed by atoms with van der Waals surface area (Å²) in [5.74, 6) is 0.365. The van der Waals surface area contributed by atoms with Crippen molar-refractivity contribution >= 4 is 5.69 Å². The van der Waals surface area contributed by atoms with Gasteiger partial charge < -0.3 is 10.0 Å². The van der Waals surface area contributed by atoms with Crippen LogP contribution in [0.5, 0.6) is 5.75 Å². The highest BCUT2D eigenvalue weighted by Crippen LogP contribution is 2.29. The van der Waals surface area contributed by atoms with E-state index in [0.29, 0.717) is 11.8 Å². The lowest BCUT2D eigenvalue weighted by Gasteiger charge is -2.29. The molecule has 0 spiro atoms. The van der Waals surface area contributed by atoms with E-state index in [-0.39, 0.29) is 0 Å². The predicted molar refractivity (Wildman–Crippen MR) is 63.4 cm³/mol. The van der Waals surface area contributed by atoms with Crippen molar-refractivity contribution in [1.82, 2.24) is 0 Å². The molecule has 0 aromatic heterocycles. The van der Waals surface area contributed by atoms with Gasteiger partial charge in [-0.2, -0.15) is 0 Å². The Morgan fingerprint density at radius 3 is 2.67 bits per heavy atom. The number of hydrogen-bond donors (Lipinski definition) is 1. The zero-order valence-electron chi connectivity index (χ0n) is 9.32. The fraction of sp³-hybridized carbons (Fsp3) is 0.538. The van der Waals surface area contributed by atoms with E-state index in [9.17, 15) is 5.11 Å². The largest absolute Gasteiger partial charge is 0.508 e. The van der Waals surface area contributed by atoms with Crippen molar-refractivity contribution in [2.45, 2.75) is 38.6 Å². The number of nitrogens with zero attached hydrogens (tertiary/aromatic N) is 1. The predicted octanol–water partition coefficient (Wildman–Crippen LogP) is 3.16. The first kappa shape index (κ1) is 10.3. The van der Waals surface area contributed by atoms with Gasteiger partial charge in [-0.05, 0) is 31.9 Å². The summed E-state index contributed by atoms with van der Waals surface area (Å²) in [4.78, 5) is 2.41. The summed E-state index contributed by atoms with van der Waals surface area (Å²) in [6, 6.07) is 8.27. The second-order valence-electron chi connectivity index (χ2n) is 4.24. The maximum Gasteiger partial charge on any atom is 0.117 e. The Kier molecular flexibility index (Phi) is 3.14. The molecule has 1 saturated carbocycles. The number of rotatable bonds is 3. The number of benzene rings is 1. The average molecular weight is 205 g/mol. The molecular weight excluding hydrogens is 186 g/mol. The van der Waals surface area contributed by atoms with Gasteiger partial charge in [0.15, 0.2) is 0 Å². The molecular formula is C13H19NO. The molecule has 0 aliphatic heterocycles. The molecule has 1 N–H and O–H groups in total. The minimum absolute atomic E-state index is 0.365. The Bertz CT molecular complexity index is 318. The van der Waals surface area contributed by atoms with Gasteiger partial charge in [0.25, 0.3) is 0 Å². The van der Waals surface area contributed by atoms with E-state index < -0.39 is 0 Å². The van der Waals surface area contributed by atoms with Crippen molar-refractivity contribution in [2.24, 2.45) is 0 Å².